The van der Waals surface area contributed by atoms with E-state index < -0.39 is 9.84 Å². The average molecular weight is 587 g/mol. The maximum Gasteiger partial charge on any atom is 0.226 e. The van der Waals surface area contributed by atoms with Crippen molar-refractivity contribution in [1.82, 2.24) is 24.8 Å². The highest BCUT2D eigenvalue weighted by Crippen LogP contribution is 2.39. The molecule has 3 aromatic heterocycles. The Kier molecular flexibility index (Phi) is 8.39. The highest BCUT2D eigenvalue weighted by molar-refractivity contribution is 7.89. The Morgan fingerprint density at radius 1 is 1.02 bits per heavy atom. The molecule has 0 aromatic carbocycles. The Labute approximate surface area is 242 Å². The van der Waals surface area contributed by atoms with Crippen LogP contribution in [-0.2, 0) is 22.1 Å². The van der Waals surface area contributed by atoms with Gasteiger partial charge >= 0.3 is 0 Å². The zero-order valence-electron chi connectivity index (χ0n) is 24.7. The SMILES string of the molecule is COc1ncc(-c2nc(N3CCCCC3)nc3c(CN4CCN(C(C)(C)C)CC4)c(C)sc23)cc1CS(C)(=O)=O. The van der Waals surface area contributed by atoms with Crippen molar-refractivity contribution in [2.24, 2.45) is 0 Å². The van der Waals surface area contributed by atoms with E-state index in [1.165, 1.54) is 30.2 Å². The lowest BCUT2D eigenvalue weighted by Crippen LogP contribution is -2.53. The second-order valence-corrected chi connectivity index (χ2v) is 15.5. The van der Waals surface area contributed by atoms with Gasteiger partial charge in [0.1, 0.15) is 0 Å². The molecule has 2 fully saturated rings. The predicted molar refractivity (Wildman–Crippen MR) is 163 cm³/mol. The van der Waals surface area contributed by atoms with Crippen molar-refractivity contribution in [2.45, 2.75) is 64.8 Å². The lowest BCUT2D eigenvalue weighted by Gasteiger charge is -2.42. The van der Waals surface area contributed by atoms with Crippen molar-refractivity contribution < 1.29 is 13.2 Å². The molecule has 40 heavy (non-hydrogen) atoms. The molecule has 5 heterocycles. The van der Waals surface area contributed by atoms with E-state index >= 15 is 0 Å². The molecule has 2 saturated heterocycles. The van der Waals surface area contributed by atoms with E-state index in [9.17, 15) is 8.42 Å². The standard InChI is InChI=1S/C29H42N6O3S2/c1-20-23(18-33-12-14-35(15-13-33)29(2,3)4)25-26(39-20)24(31-28(32-25)34-10-8-7-9-11-34)21-16-22(19-40(6,36)37)27(38-5)30-17-21/h16-17H,7-15,18-19H2,1-6H3. The number of aromatic nitrogens is 3. The quantitative estimate of drug-likeness (QED) is 0.396. The lowest BCUT2D eigenvalue weighted by atomic mass is 10.0. The second-order valence-electron chi connectivity index (χ2n) is 12.1. The lowest BCUT2D eigenvalue weighted by molar-refractivity contribution is 0.0592. The summed E-state index contributed by atoms with van der Waals surface area (Å²) in [5, 5.41) is 0. The normalized spacial score (nSPS) is 18.0. The van der Waals surface area contributed by atoms with Crippen LogP contribution in [0, 0.1) is 6.92 Å². The van der Waals surface area contributed by atoms with Gasteiger partial charge in [-0.05, 0) is 53.0 Å². The van der Waals surface area contributed by atoms with Crippen LogP contribution in [0.1, 0.15) is 56.0 Å². The van der Waals surface area contributed by atoms with Gasteiger partial charge < -0.3 is 9.64 Å². The number of fused-ring (bicyclic) bond motifs is 1. The molecule has 218 valence electrons. The summed E-state index contributed by atoms with van der Waals surface area (Å²) >= 11 is 1.72. The summed E-state index contributed by atoms with van der Waals surface area (Å²) in [6.45, 7) is 16.0. The summed E-state index contributed by atoms with van der Waals surface area (Å²) < 4.78 is 30.8. The number of hydrogen-bond donors (Lipinski definition) is 0. The number of nitrogens with zero attached hydrogens (tertiary/aromatic N) is 6. The summed E-state index contributed by atoms with van der Waals surface area (Å²) in [4.78, 5) is 23.4. The van der Waals surface area contributed by atoms with Crippen LogP contribution < -0.4 is 9.64 Å². The molecule has 5 rings (SSSR count). The minimum absolute atomic E-state index is 0.139. The van der Waals surface area contributed by atoms with Crippen LogP contribution >= 0.6 is 11.3 Å². The molecule has 0 N–H and O–H groups in total. The number of methoxy groups -OCH3 is 1. The zero-order valence-corrected chi connectivity index (χ0v) is 26.3. The number of piperidine rings is 1. The summed E-state index contributed by atoms with van der Waals surface area (Å²) in [7, 11) is -1.76. The van der Waals surface area contributed by atoms with Crippen LogP contribution in [0.3, 0.4) is 0 Å². The van der Waals surface area contributed by atoms with Gasteiger partial charge in [-0.1, -0.05) is 0 Å². The number of ether oxygens (including phenoxy) is 1. The number of anilines is 1. The van der Waals surface area contributed by atoms with E-state index in [0.29, 0.717) is 11.4 Å². The largest absolute Gasteiger partial charge is 0.481 e. The fourth-order valence-electron chi connectivity index (χ4n) is 5.74. The van der Waals surface area contributed by atoms with Crippen molar-refractivity contribution in [1.29, 1.82) is 0 Å². The van der Waals surface area contributed by atoms with Crippen LogP contribution in [0.25, 0.3) is 21.5 Å². The number of piperazine rings is 1. The summed E-state index contributed by atoms with van der Waals surface area (Å²) in [6, 6.07) is 1.87. The maximum atomic E-state index is 12.2. The molecule has 0 bridgehead atoms. The maximum absolute atomic E-state index is 12.2. The third-order valence-corrected chi connectivity index (χ3v) is 9.95. The predicted octanol–water partition coefficient (Wildman–Crippen LogP) is 4.52. The number of hydrogen-bond acceptors (Lipinski definition) is 10. The topological polar surface area (TPSA) is 91.8 Å². The highest BCUT2D eigenvalue weighted by Gasteiger charge is 2.28. The van der Waals surface area contributed by atoms with E-state index in [1.54, 1.807) is 17.5 Å². The minimum atomic E-state index is -3.28. The van der Waals surface area contributed by atoms with Crippen molar-refractivity contribution in [2.75, 3.05) is 57.5 Å². The van der Waals surface area contributed by atoms with Crippen molar-refractivity contribution >= 4 is 37.3 Å². The van der Waals surface area contributed by atoms with Gasteiger partial charge in [0.2, 0.25) is 11.8 Å². The molecule has 0 spiro atoms. The third-order valence-electron chi connectivity index (χ3n) is 7.97. The molecular weight excluding hydrogens is 544 g/mol. The summed E-state index contributed by atoms with van der Waals surface area (Å²) in [6.07, 6.45) is 6.46. The Balaban J connectivity index is 1.57. The van der Waals surface area contributed by atoms with Gasteiger partial charge in [0, 0.05) is 85.4 Å². The van der Waals surface area contributed by atoms with Crippen molar-refractivity contribution in [3.8, 4) is 17.1 Å². The fraction of sp³-hybridized carbons (Fsp3) is 0.621. The Bertz CT molecular complexity index is 1470. The Morgan fingerprint density at radius 3 is 2.35 bits per heavy atom. The number of aryl methyl sites for hydroxylation is 1. The highest BCUT2D eigenvalue weighted by atomic mass is 32.2. The van der Waals surface area contributed by atoms with E-state index in [1.807, 2.05) is 6.07 Å². The number of rotatable bonds is 7. The van der Waals surface area contributed by atoms with Gasteiger partial charge in [-0.25, -0.2) is 23.4 Å². The van der Waals surface area contributed by atoms with E-state index in [0.717, 1.165) is 86.1 Å². The molecule has 0 atom stereocenters. The summed E-state index contributed by atoms with van der Waals surface area (Å²) in [5.74, 6) is 0.937. The first-order valence-electron chi connectivity index (χ1n) is 14.2. The summed E-state index contributed by atoms with van der Waals surface area (Å²) in [5.41, 5.74) is 4.60. The molecular formula is C29H42N6O3S2. The van der Waals surface area contributed by atoms with Gasteiger partial charge in [-0.15, -0.1) is 11.3 Å². The van der Waals surface area contributed by atoms with E-state index in [-0.39, 0.29) is 11.3 Å². The first-order valence-corrected chi connectivity index (χ1v) is 17.0. The monoisotopic (exact) mass is 586 g/mol. The van der Waals surface area contributed by atoms with Crippen LogP contribution in [0.2, 0.25) is 0 Å². The van der Waals surface area contributed by atoms with Crippen molar-refractivity contribution in [3.63, 3.8) is 0 Å². The molecule has 3 aromatic rings. The van der Waals surface area contributed by atoms with Crippen LogP contribution in [0.15, 0.2) is 12.3 Å². The zero-order chi connectivity index (χ0) is 28.7. The van der Waals surface area contributed by atoms with Gasteiger partial charge in [0.15, 0.2) is 9.84 Å². The molecule has 0 amide bonds. The van der Waals surface area contributed by atoms with E-state index in [4.69, 9.17) is 14.7 Å². The first-order chi connectivity index (χ1) is 18.9. The van der Waals surface area contributed by atoms with Crippen LogP contribution in [0.4, 0.5) is 5.95 Å². The van der Waals surface area contributed by atoms with Crippen molar-refractivity contribution in [3.05, 3.63) is 28.3 Å². The minimum Gasteiger partial charge on any atom is -0.481 e. The third kappa shape index (κ3) is 6.42. The molecule has 2 aliphatic rings. The Morgan fingerprint density at radius 2 is 1.73 bits per heavy atom. The van der Waals surface area contributed by atoms with Gasteiger partial charge in [-0.3, -0.25) is 9.80 Å². The molecule has 0 radical (unpaired) electrons. The molecule has 11 heteroatoms. The number of sulfone groups is 1. The van der Waals surface area contributed by atoms with Gasteiger partial charge in [0.25, 0.3) is 0 Å². The molecule has 0 aliphatic carbocycles. The molecule has 0 unspecified atom stereocenters. The number of pyridine rings is 1. The Hall–Kier alpha value is -2.34. The molecule has 0 saturated carbocycles. The smallest absolute Gasteiger partial charge is 0.226 e. The van der Waals surface area contributed by atoms with E-state index in [2.05, 4.69) is 47.4 Å². The first kappa shape index (κ1) is 29.2. The average Bonchev–Trinajstić information content (AvgIpc) is 3.22. The second kappa shape index (κ2) is 11.5. The number of thiophene rings is 1. The van der Waals surface area contributed by atoms with Gasteiger partial charge in [-0.2, -0.15) is 0 Å². The van der Waals surface area contributed by atoms with Crippen LogP contribution in [0.5, 0.6) is 5.88 Å². The fourth-order valence-corrected chi connectivity index (χ4v) is 7.62. The molecule has 9 nitrogen and oxygen atoms in total. The molecule has 2 aliphatic heterocycles. The van der Waals surface area contributed by atoms with Crippen LogP contribution in [-0.4, -0.2) is 91.3 Å². The van der Waals surface area contributed by atoms with Gasteiger partial charge in [0.05, 0.1) is 28.8 Å².